The minimum Gasteiger partial charge on any atom is -0.339 e. The molecule has 0 aromatic heterocycles. The summed E-state index contributed by atoms with van der Waals surface area (Å²) in [4.78, 5) is 15.4. The highest BCUT2D eigenvalue weighted by atomic mass is 32.2. The van der Waals surface area contributed by atoms with E-state index in [4.69, 9.17) is 0 Å². The van der Waals surface area contributed by atoms with Crippen molar-refractivity contribution < 1.29 is 17.6 Å². The number of nitrogens with zero attached hydrogens (tertiary/aromatic N) is 2. The smallest absolute Gasteiger partial charge is 0.264 e. The van der Waals surface area contributed by atoms with Gasteiger partial charge in [0.05, 0.1) is 10.6 Å². The molecular weight excluding hydrogens is 387 g/mol. The summed E-state index contributed by atoms with van der Waals surface area (Å²) in [5, 5.41) is 0. The largest absolute Gasteiger partial charge is 0.339 e. The van der Waals surface area contributed by atoms with E-state index in [1.54, 1.807) is 28.8 Å². The van der Waals surface area contributed by atoms with Crippen LogP contribution in [0.4, 0.5) is 10.1 Å². The molecule has 5 nitrogen and oxygen atoms in total. The number of hydrogen-bond donors (Lipinski definition) is 0. The molecular formula is C19H19FN2O3S2. The van der Waals surface area contributed by atoms with Crippen molar-refractivity contribution in [2.45, 2.75) is 22.6 Å². The Labute approximate surface area is 162 Å². The maximum Gasteiger partial charge on any atom is 0.264 e. The minimum absolute atomic E-state index is 0.0398. The molecule has 0 spiro atoms. The fourth-order valence-electron chi connectivity index (χ4n) is 3.41. The van der Waals surface area contributed by atoms with Crippen molar-refractivity contribution in [3.63, 3.8) is 0 Å². The van der Waals surface area contributed by atoms with Gasteiger partial charge >= 0.3 is 0 Å². The maximum atomic E-state index is 13.2. The summed E-state index contributed by atoms with van der Waals surface area (Å²) in [5.74, 6) is 0.0689. The molecule has 2 aliphatic heterocycles. The molecule has 2 aromatic rings. The molecule has 27 heavy (non-hydrogen) atoms. The zero-order valence-electron chi connectivity index (χ0n) is 14.6. The van der Waals surface area contributed by atoms with Crippen LogP contribution < -0.4 is 4.31 Å². The van der Waals surface area contributed by atoms with Crippen molar-refractivity contribution in [1.29, 1.82) is 0 Å². The fraction of sp³-hybridized carbons (Fsp3) is 0.316. The predicted octanol–water partition coefficient (Wildman–Crippen LogP) is 3.36. The van der Waals surface area contributed by atoms with Gasteiger partial charge in [-0.25, -0.2) is 12.8 Å². The summed E-state index contributed by atoms with van der Waals surface area (Å²) in [5.41, 5.74) is 1.01. The SMILES string of the molecule is O=C(c1ccc2c(c1)N(S(=O)(=O)c1ccc(F)cc1)CCS2)N1CCCC1. The molecule has 0 bridgehead atoms. The monoisotopic (exact) mass is 406 g/mol. The summed E-state index contributed by atoms with van der Waals surface area (Å²) in [6, 6.07) is 10.1. The molecule has 142 valence electrons. The topological polar surface area (TPSA) is 57.7 Å². The molecule has 4 rings (SSSR count). The van der Waals surface area contributed by atoms with Crippen molar-refractivity contribution in [3.8, 4) is 0 Å². The van der Waals surface area contributed by atoms with Crippen LogP contribution in [0.2, 0.25) is 0 Å². The summed E-state index contributed by atoms with van der Waals surface area (Å²) in [6.45, 7) is 1.78. The van der Waals surface area contributed by atoms with E-state index < -0.39 is 15.8 Å². The van der Waals surface area contributed by atoms with Crippen LogP contribution >= 0.6 is 11.8 Å². The van der Waals surface area contributed by atoms with Crippen LogP contribution in [-0.4, -0.2) is 44.6 Å². The molecule has 0 N–H and O–H groups in total. The van der Waals surface area contributed by atoms with Crippen molar-refractivity contribution >= 4 is 33.4 Å². The third-order valence-corrected chi connectivity index (χ3v) is 7.69. The minimum atomic E-state index is -3.83. The summed E-state index contributed by atoms with van der Waals surface area (Å²) < 4.78 is 40.7. The highest BCUT2D eigenvalue weighted by molar-refractivity contribution is 8.00. The first-order valence-electron chi connectivity index (χ1n) is 8.81. The Kier molecular flexibility index (Phi) is 4.86. The number of halogens is 1. The molecule has 2 aromatic carbocycles. The van der Waals surface area contributed by atoms with Gasteiger partial charge in [0.1, 0.15) is 5.82 Å². The summed E-state index contributed by atoms with van der Waals surface area (Å²) >= 11 is 1.57. The lowest BCUT2D eigenvalue weighted by molar-refractivity contribution is 0.0792. The number of thioether (sulfide) groups is 1. The highest BCUT2D eigenvalue weighted by Crippen LogP contribution is 2.38. The van der Waals surface area contributed by atoms with E-state index in [-0.39, 0.29) is 10.8 Å². The molecule has 2 aliphatic rings. The van der Waals surface area contributed by atoms with Gasteiger partial charge in [-0.15, -0.1) is 11.8 Å². The van der Waals surface area contributed by atoms with E-state index in [2.05, 4.69) is 0 Å². The van der Waals surface area contributed by atoms with Crippen LogP contribution in [-0.2, 0) is 10.0 Å². The molecule has 0 radical (unpaired) electrons. The molecule has 8 heteroatoms. The van der Waals surface area contributed by atoms with Crippen molar-refractivity contribution in [1.82, 2.24) is 4.90 Å². The van der Waals surface area contributed by atoms with E-state index >= 15 is 0 Å². The molecule has 0 unspecified atom stereocenters. The van der Waals surface area contributed by atoms with Gasteiger partial charge in [0.2, 0.25) is 0 Å². The Balaban J connectivity index is 1.72. The molecule has 1 amide bonds. The zero-order chi connectivity index (χ0) is 19.0. The molecule has 2 heterocycles. The van der Waals surface area contributed by atoms with Gasteiger partial charge in [-0.3, -0.25) is 9.10 Å². The number of rotatable bonds is 3. The average molecular weight is 407 g/mol. The average Bonchev–Trinajstić information content (AvgIpc) is 3.21. The van der Waals surface area contributed by atoms with Crippen LogP contribution in [0.1, 0.15) is 23.2 Å². The lowest BCUT2D eigenvalue weighted by Gasteiger charge is -2.30. The van der Waals surface area contributed by atoms with Gasteiger partial charge < -0.3 is 4.90 Å². The third-order valence-electron chi connectivity index (χ3n) is 4.82. The molecule has 0 atom stereocenters. The fourth-order valence-corrected chi connectivity index (χ4v) is 6.04. The number of carbonyl (C=O) groups is 1. The summed E-state index contributed by atoms with van der Waals surface area (Å²) in [6.07, 6.45) is 2.00. The highest BCUT2D eigenvalue weighted by Gasteiger charge is 2.31. The van der Waals surface area contributed by atoms with E-state index in [0.717, 1.165) is 43.0 Å². The number of sulfonamides is 1. The van der Waals surface area contributed by atoms with Crippen LogP contribution in [0.3, 0.4) is 0 Å². The van der Waals surface area contributed by atoms with Gasteiger partial charge in [-0.05, 0) is 55.3 Å². The van der Waals surface area contributed by atoms with Crippen LogP contribution in [0.5, 0.6) is 0 Å². The lowest BCUT2D eigenvalue weighted by atomic mass is 10.1. The lowest BCUT2D eigenvalue weighted by Crippen LogP contribution is -2.36. The quantitative estimate of drug-likeness (QED) is 0.784. The molecule has 1 fully saturated rings. The number of anilines is 1. The van der Waals surface area contributed by atoms with Crippen molar-refractivity contribution in [2.75, 3.05) is 29.7 Å². The number of likely N-dealkylation sites (tertiary alicyclic amines) is 1. The van der Waals surface area contributed by atoms with Gasteiger partial charge in [0, 0.05) is 35.8 Å². The van der Waals surface area contributed by atoms with Crippen LogP contribution in [0.25, 0.3) is 0 Å². The zero-order valence-corrected chi connectivity index (χ0v) is 16.2. The molecule has 1 saturated heterocycles. The second kappa shape index (κ2) is 7.16. The van der Waals surface area contributed by atoms with E-state index in [1.165, 1.54) is 16.4 Å². The molecule has 0 saturated carbocycles. The maximum absolute atomic E-state index is 13.2. The number of hydrogen-bond acceptors (Lipinski definition) is 4. The Morgan fingerprint density at radius 3 is 2.41 bits per heavy atom. The van der Waals surface area contributed by atoms with Crippen LogP contribution in [0.15, 0.2) is 52.3 Å². The van der Waals surface area contributed by atoms with Gasteiger partial charge in [0.15, 0.2) is 0 Å². The van der Waals surface area contributed by atoms with E-state index in [0.29, 0.717) is 23.5 Å². The Bertz CT molecular complexity index is 971. The normalized spacial score (nSPS) is 17.1. The first kappa shape index (κ1) is 18.3. The number of carbonyl (C=O) groups excluding carboxylic acids is 1. The second-order valence-electron chi connectivity index (χ2n) is 6.56. The van der Waals surface area contributed by atoms with E-state index in [1.807, 2.05) is 6.07 Å². The second-order valence-corrected chi connectivity index (χ2v) is 9.56. The van der Waals surface area contributed by atoms with Crippen LogP contribution in [0, 0.1) is 5.82 Å². The third kappa shape index (κ3) is 3.43. The Morgan fingerprint density at radius 2 is 1.70 bits per heavy atom. The first-order valence-corrected chi connectivity index (χ1v) is 11.2. The van der Waals surface area contributed by atoms with Gasteiger partial charge in [-0.1, -0.05) is 0 Å². The van der Waals surface area contributed by atoms with Gasteiger partial charge in [0.25, 0.3) is 15.9 Å². The van der Waals surface area contributed by atoms with Crippen molar-refractivity contribution in [3.05, 3.63) is 53.8 Å². The Morgan fingerprint density at radius 1 is 1.00 bits per heavy atom. The summed E-state index contributed by atoms with van der Waals surface area (Å²) in [7, 11) is -3.83. The standard InChI is InChI=1S/C19H19FN2O3S2/c20-15-4-6-16(7-5-15)27(24,25)22-11-12-26-18-8-3-14(13-17(18)22)19(23)21-9-1-2-10-21/h3-8,13H,1-2,9-12H2. The molecule has 0 aliphatic carbocycles. The number of amides is 1. The number of benzene rings is 2. The Hall–Kier alpha value is -2.06. The van der Waals surface area contributed by atoms with E-state index in [9.17, 15) is 17.6 Å². The number of fused-ring (bicyclic) bond motifs is 1. The van der Waals surface area contributed by atoms with Gasteiger partial charge in [-0.2, -0.15) is 0 Å². The predicted molar refractivity (Wildman–Crippen MR) is 103 cm³/mol. The first-order chi connectivity index (χ1) is 13.0. The van der Waals surface area contributed by atoms with Crippen molar-refractivity contribution in [2.24, 2.45) is 0 Å².